The number of carbonyl (C=O) groups excluding carboxylic acids is 2. The van der Waals surface area contributed by atoms with Crippen molar-refractivity contribution in [3.05, 3.63) is 23.5 Å². The van der Waals surface area contributed by atoms with E-state index in [4.69, 9.17) is 0 Å². The molecule has 0 atom stereocenters. The number of ketones is 1. The highest BCUT2D eigenvalue weighted by Crippen LogP contribution is 2.20. The fourth-order valence-electron chi connectivity index (χ4n) is 1.79. The van der Waals surface area contributed by atoms with Crippen LogP contribution in [0.15, 0.2) is 12.1 Å². The molecule has 2 heterocycles. The van der Waals surface area contributed by atoms with Gasteiger partial charge in [0.2, 0.25) is 5.91 Å². The first-order chi connectivity index (χ1) is 7.06. The quantitative estimate of drug-likeness (QED) is 0.641. The number of Topliss-reactive ketones (excluding diaryl/α,β-unsaturated/α-hetero) is 1. The molecule has 1 fully saturated rings. The lowest BCUT2D eigenvalue weighted by Gasteiger charge is -2.15. The Morgan fingerprint density at radius 3 is 2.27 bits per heavy atom. The highest BCUT2D eigenvalue weighted by atomic mass is 16.2. The molecule has 1 aromatic heterocycles. The second-order valence-electron chi connectivity index (χ2n) is 3.80. The van der Waals surface area contributed by atoms with Crippen LogP contribution in [0, 0.1) is 13.8 Å². The molecule has 1 saturated heterocycles. The van der Waals surface area contributed by atoms with Crippen molar-refractivity contribution in [2.24, 2.45) is 0 Å². The summed E-state index contributed by atoms with van der Waals surface area (Å²) in [6.07, 6.45) is 0.0282. The first kappa shape index (κ1) is 9.83. The van der Waals surface area contributed by atoms with Gasteiger partial charge in [-0.1, -0.05) is 0 Å². The van der Waals surface area contributed by atoms with Crippen LogP contribution in [0.5, 0.6) is 0 Å². The van der Waals surface area contributed by atoms with E-state index in [2.05, 4.69) is 4.98 Å². The summed E-state index contributed by atoms with van der Waals surface area (Å²) in [5.41, 5.74) is 2.49. The van der Waals surface area contributed by atoms with Crippen LogP contribution in [-0.4, -0.2) is 23.2 Å². The van der Waals surface area contributed by atoms with Crippen LogP contribution >= 0.6 is 0 Å². The number of pyridine rings is 1. The molecule has 15 heavy (non-hydrogen) atoms. The van der Waals surface area contributed by atoms with Crippen molar-refractivity contribution >= 4 is 17.4 Å². The summed E-state index contributed by atoms with van der Waals surface area (Å²) in [5.74, 6) is -0.142. The molecule has 1 aliphatic heterocycles. The van der Waals surface area contributed by atoms with E-state index in [1.54, 1.807) is 0 Å². The van der Waals surface area contributed by atoms with E-state index >= 15 is 0 Å². The zero-order valence-electron chi connectivity index (χ0n) is 8.78. The van der Waals surface area contributed by atoms with E-state index in [-0.39, 0.29) is 24.7 Å². The summed E-state index contributed by atoms with van der Waals surface area (Å²) in [6.45, 7) is 3.94. The van der Waals surface area contributed by atoms with Gasteiger partial charge in [-0.3, -0.25) is 14.6 Å². The summed E-state index contributed by atoms with van der Waals surface area (Å²) in [6, 6.07) is 3.65. The number of amides is 1. The zero-order valence-corrected chi connectivity index (χ0v) is 8.78. The van der Waals surface area contributed by atoms with Crippen molar-refractivity contribution in [3.63, 3.8) is 0 Å². The predicted octanol–water partition coefficient (Wildman–Crippen LogP) is 1.00. The Kier molecular flexibility index (Phi) is 2.26. The first-order valence-corrected chi connectivity index (χ1v) is 4.83. The van der Waals surface area contributed by atoms with Crippen molar-refractivity contribution in [2.45, 2.75) is 20.3 Å². The van der Waals surface area contributed by atoms with Gasteiger partial charge in [0.1, 0.15) is 0 Å². The third-order valence-corrected chi connectivity index (χ3v) is 2.36. The second kappa shape index (κ2) is 3.46. The van der Waals surface area contributed by atoms with Crippen LogP contribution in [0.2, 0.25) is 0 Å². The van der Waals surface area contributed by atoms with Gasteiger partial charge >= 0.3 is 0 Å². The Bertz CT molecular complexity index is 420. The van der Waals surface area contributed by atoms with E-state index in [0.29, 0.717) is 0 Å². The third kappa shape index (κ3) is 1.88. The van der Waals surface area contributed by atoms with Crippen molar-refractivity contribution in [1.29, 1.82) is 0 Å². The van der Waals surface area contributed by atoms with Gasteiger partial charge in [-0.05, 0) is 26.0 Å². The predicted molar refractivity (Wildman–Crippen MR) is 55.7 cm³/mol. The largest absolute Gasteiger partial charge is 0.304 e. The molecule has 4 nitrogen and oxygen atoms in total. The average Bonchev–Trinajstić information content (AvgIpc) is 2.43. The van der Waals surface area contributed by atoms with Crippen LogP contribution in [0.3, 0.4) is 0 Å². The molecule has 78 valence electrons. The fourth-order valence-corrected chi connectivity index (χ4v) is 1.79. The number of rotatable bonds is 1. The van der Waals surface area contributed by atoms with E-state index in [0.717, 1.165) is 17.1 Å². The number of hydrogen-bond acceptors (Lipinski definition) is 3. The van der Waals surface area contributed by atoms with Crippen molar-refractivity contribution in [3.8, 4) is 0 Å². The topological polar surface area (TPSA) is 50.3 Å². The minimum Gasteiger partial charge on any atom is -0.304 e. The molecule has 0 N–H and O–H groups in total. The number of hydrogen-bond donors (Lipinski definition) is 0. The Morgan fingerprint density at radius 1 is 1.20 bits per heavy atom. The van der Waals surface area contributed by atoms with Gasteiger partial charge in [0.05, 0.1) is 13.0 Å². The minimum absolute atomic E-state index is 0.0212. The SMILES string of the molecule is Cc1cc(N2CC(=O)CC2=O)cc(C)n1. The van der Waals surface area contributed by atoms with Gasteiger partial charge in [0, 0.05) is 17.1 Å². The number of aromatic nitrogens is 1. The summed E-state index contributed by atoms with van der Waals surface area (Å²) in [4.78, 5) is 28.4. The average molecular weight is 204 g/mol. The molecule has 1 aliphatic rings. The first-order valence-electron chi connectivity index (χ1n) is 4.83. The maximum atomic E-state index is 11.5. The normalized spacial score (nSPS) is 16.3. The lowest BCUT2D eigenvalue weighted by molar-refractivity contribution is -0.121. The van der Waals surface area contributed by atoms with Gasteiger partial charge < -0.3 is 4.90 Å². The minimum atomic E-state index is -0.120. The molecule has 0 aromatic carbocycles. The maximum Gasteiger partial charge on any atom is 0.234 e. The van der Waals surface area contributed by atoms with Gasteiger partial charge in [-0.15, -0.1) is 0 Å². The summed E-state index contributed by atoms with van der Waals surface area (Å²) in [5, 5.41) is 0. The Morgan fingerprint density at radius 2 is 1.80 bits per heavy atom. The monoisotopic (exact) mass is 204 g/mol. The van der Waals surface area contributed by atoms with Crippen LogP contribution < -0.4 is 4.90 Å². The summed E-state index contributed by atoms with van der Waals surface area (Å²) in [7, 11) is 0. The second-order valence-corrected chi connectivity index (χ2v) is 3.80. The molecule has 0 saturated carbocycles. The zero-order chi connectivity index (χ0) is 11.0. The van der Waals surface area contributed by atoms with E-state index < -0.39 is 0 Å². The molecule has 0 bridgehead atoms. The van der Waals surface area contributed by atoms with Crippen molar-refractivity contribution in [1.82, 2.24) is 4.98 Å². The van der Waals surface area contributed by atoms with Crippen molar-refractivity contribution < 1.29 is 9.59 Å². The molecule has 0 unspecified atom stereocenters. The molecule has 0 spiro atoms. The highest BCUT2D eigenvalue weighted by Gasteiger charge is 2.28. The number of anilines is 1. The number of carbonyl (C=O) groups is 2. The van der Waals surface area contributed by atoms with E-state index in [9.17, 15) is 9.59 Å². The maximum absolute atomic E-state index is 11.5. The lowest BCUT2D eigenvalue weighted by atomic mass is 10.2. The third-order valence-electron chi connectivity index (χ3n) is 2.36. The molecule has 0 radical (unpaired) electrons. The van der Waals surface area contributed by atoms with Gasteiger partial charge in [-0.25, -0.2) is 0 Å². The Balaban J connectivity index is 2.37. The smallest absolute Gasteiger partial charge is 0.234 e. The molecule has 4 heteroatoms. The Labute approximate surface area is 87.9 Å². The summed E-state index contributed by atoms with van der Waals surface area (Å²) >= 11 is 0. The van der Waals surface area contributed by atoms with Gasteiger partial charge in [0.15, 0.2) is 5.78 Å². The molecule has 0 aliphatic carbocycles. The summed E-state index contributed by atoms with van der Waals surface area (Å²) < 4.78 is 0. The van der Waals surface area contributed by atoms with Crippen LogP contribution in [-0.2, 0) is 9.59 Å². The van der Waals surface area contributed by atoms with Crippen LogP contribution in [0.1, 0.15) is 17.8 Å². The number of aryl methyl sites for hydroxylation is 2. The molecular formula is C11H12N2O2. The van der Waals surface area contributed by atoms with Crippen LogP contribution in [0.25, 0.3) is 0 Å². The van der Waals surface area contributed by atoms with Crippen molar-refractivity contribution in [2.75, 3.05) is 11.4 Å². The van der Waals surface area contributed by atoms with E-state index in [1.165, 1.54) is 4.90 Å². The standard InChI is InChI=1S/C11H12N2O2/c1-7-3-9(4-8(2)12-7)13-6-10(14)5-11(13)15/h3-4H,5-6H2,1-2H3. The molecular weight excluding hydrogens is 192 g/mol. The van der Waals surface area contributed by atoms with Crippen LogP contribution in [0.4, 0.5) is 5.69 Å². The number of nitrogens with zero attached hydrogens (tertiary/aromatic N) is 2. The lowest BCUT2D eigenvalue weighted by Crippen LogP contribution is -2.24. The molecule has 2 rings (SSSR count). The Hall–Kier alpha value is -1.71. The highest BCUT2D eigenvalue weighted by molar-refractivity contribution is 6.15. The molecule has 1 aromatic rings. The fraction of sp³-hybridized carbons (Fsp3) is 0.364. The van der Waals surface area contributed by atoms with Gasteiger partial charge in [0.25, 0.3) is 0 Å². The van der Waals surface area contributed by atoms with E-state index in [1.807, 2.05) is 26.0 Å². The van der Waals surface area contributed by atoms with Gasteiger partial charge in [-0.2, -0.15) is 0 Å². The molecule has 1 amide bonds.